The van der Waals surface area contributed by atoms with Crippen molar-refractivity contribution in [1.82, 2.24) is 0 Å². The van der Waals surface area contributed by atoms with E-state index in [9.17, 15) is 19.5 Å². The summed E-state index contributed by atoms with van der Waals surface area (Å²) in [5.41, 5.74) is 8.12. The number of aliphatic hydroxyl groups excluding tert-OH is 1. The summed E-state index contributed by atoms with van der Waals surface area (Å²) in [7, 11) is 0. The summed E-state index contributed by atoms with van der Waals surface area (Å²) in [5, 5.41) is 22.0. The van der Waals surface area contributed by atoms with Gasteiger partial charge < -0.3 is 32.3 Å². The number of carboxylic acid groups (broad SMARTS) is 1. The maximum atomic E-state index is 12.5. The van der Waals surface area contributed by atoms with Crippen LogP contribution in [0.3, 0.4) is 0 Å². The van der Waals surface area contributed by atoms with Crippen molar-refractivity contribution in [3.63, 3.8) is 0 Å². The predicted octanol–water partition coefficient (Wildman–Crippen LogP) is -1.54. The van der Waals surface area contributed by atoms with Crippen molar-refractivity contribution >= 4 is 24.3 Å². The Labute approximate surface area is 149 Å². The highest BCUT2D eigenvalue weighted by atomic mass is 16.4. The number of carbonyl (C=O) groups is 3. The number of rotatable bonds is 8. The molecule has 26 heavy (non-hydrogen) atoms. The molecule has 0 aromatic heterocycles. The third kappa shape index (κ3) is 3.94. The van der Waals surface area contributed by atoms with Crippen LogP contribution in [0.1, 0.15) is 24.0 Å². The summed E-state index contributed by atoms with van der Waals surface area (Å²) in [6.45, 7) is -0.616. The number of aliphatic hydroxyl groups is 1. The van der Waals surface area contributed by atoms with Gasteiger partial charge in [-0.05, 0) is 11.1 Å². The average molecular weight is 360 g/mol. The van der Waals surface area contributed by atoms with E-state index in [1.54, 1.807) is 0 Å². The second-order valence-electron chi connectivity index (χ2n) is 5.41. The Hall–Kier alpha value is -3.06. The van der Waals surface area contributed by atoms with Crippen molar-refractivity contribution in [3.8, 4) is 11.8 Å². The molecule has 138 valence electrons. The minimum Gasteiger partial charge on any atom is -0.479 e. The quantitative estimate of drug-likeness (QED) is 0.0922. The van der Waals surface area contributed by atoms with Gasteiger partial charge in [0.2, 0.25) is 5.54 Å². The number of ketones is 1. The summed E-state index contributed by atoms with van der Waals surface area (Å²) < 4.78 is 0. The zero-order chi connectivity index (χ0) is 19.8. The van der Waals surface area contributed by atoms with Crippen LogP contribution in [0.25, 0.3) is 0 Å². The second kappa shape index (κ2) is 8.87. The highest BCUT2D eigenvalue weighted by molar-refractivity contribution is 6.10. The van der Waals surface area contributed by atoms with Crippen LogP contribution in [0.4, 0.5) is 0 Å². The van der Waals surface area contributed by atoms with E-state index in [0.717, 1.165) is 0 Å². The molecule has 1 aromatic carbocycles. The summed E-state index contributed by atoms with van der Waals surface area (Å²) in [5.74, 6) is 7.08. The first-order chi connectivity index (χ1) is 12.3. The first-order valence-corrected chi connectivity index (χ1v) is 7.50. The van der Waals surface area contributed by atoms with Gasteiger partial charge in [0.1, 0.15) is 18.4 Å². The average Bonchev–Trinajstić information content (AvgIpc) is 2.63. The van der Waals surface area contributed by atoms with E-state index in [4.69, 9.17) is 22.4 Å². The summed E-state index contributed by atoms with van der Waals surface area (Å²) in [6.07, 6.45) is 1.20. The van der Waals surface area contributed by atoms with Crippen molar-refractivity contribution in [3.05, 3.63) is 35.4 Å². The van der Waals surface area contributed by atoms with Gasteiger partial charge in [0.25, 0.3) is 0 Å². The highest BCUT2D eigenvalue weighted by Crippen LogP contribution is 2.31. The molecule has 0 bridgehead atoms. The topological polar surface area (TPSA) is 182 Å². The maximum absolute atomic E-state index is 12.5. The molecular weight excluding hydrogens is 340 g/mol. The lowest BCUT2D eigenvalue weighted by Gasteiger charge is -2.38. The van der Waals surface area contributed by atoms with Gasteiger partial charge >= 0.3 is 5.97 Å². The SMILES string of the molecule is NN=Cc1ccc(C(N)(C#CCO)C(N)(C(=O)O)C(=O)CCC=O)cc1. The predicted molar refractivity (Wildman–Crippen MR) is 93.8 cm³/mol. The van der Waals surface area contributed by atoms with Crippen LogP contribution in [0, 0.1) is 11.8 Å². The lowest BCUT2D eigenvalue weighted by atomic mass is 9.70. The Bertz CT molecular complexity index is 766. The molecule has 1 rings (SSSR count). The molecule has 0 saturated heterocycles. The van der Waals surface area contributed by atoms with Crippen molar-refractivity contribution in [2.75, 3.05) is 6.61 Å². The van der Waals surface area contributed by atoms with Gasteiger partial charge in [0.05, 0.1) is 6.21 Å². The van der Waals surface area contributed by atoms with E-state index in [2.05, 4.69) is 16.9 Å². The molecule has 0 aliphatic rings. The van der Waals surface area contributed by atoms with Gasteiger partial charge in [-0.2, -0.15) is 5.10 Å². The van der Waals surface area contributed by atoms with E-state index in [-0.39, 0.29) is 12.0 Å². The van der Waals surface area contributed by atoms with Gasteiger partial charge in [-0.3, -0.25) is 4.79 Å². The molecule has 0 saturated carbocycles. The number of carboxylic acids is 1. The van der Waals surface area contributed by atoms with Crippen LogP contribution in [0.5, 0.6) is 0 Å². The number of aliphatic carboxylic acids is 1. The molecule has 0 aliphatic heterocycles. The molecule has 2 unspecified atom stereocenters. The molecule has 9 heteroatoms. The van der Waals surface area contributed by atoms with Gasteiger partial charge in [-0.15, -0.1) is 0 Å². The van der Waals surface area contributed by atoms with Crippen LogP contribution in [0.2, 0.25) is 0 Å². The lowest BCUT2D eigenvalue weighted by Crippen LogP contribution is -2.71. The molecular formula is C17H20N4O5. The number of benzene rings is 1. The number of hydrogen-bond donors (Lipinski definition) is 5. The standard InChI is InChI=1S/C17H20N4O5/c18-16(8-2-10-23,13-6-4-12(5-7-13)11-21-20)17(19,15(25)26)14(24)3-1-9-22/h4-7,9,11,23H,1,3,10,18-20H2,(H,25,26). The number of carbonyl (C=O) groups excluding carboxylic acids is 2. The fraction of sp³-hybridized carbons (Fsp3) is 0.294. The van der Waals surface area contributed by atoms with Crippen LogP contribution < -0.4 is 17.3 Å². The van der Waals surface area contributed by atoms with Crippen LogP contribution in [0.15, 0.2) is 29.4 Å². The Morgan fingerprint density at radius 3 is 2.31 bits per heavy atom. The number of aldehydes is 1. The number of Topliss-reactive ketones (excluding diaryl/α,β-unsaturated/α-hetero) is 1. The molecule has 9 nitrogen and oxygen atoms in total. The van der Waals surface area contributed by atoms with Gasteiger partial charge in [-0.1, -0.05) is 36.1 Å². The van der Waals surface area contributed by atoms with Crippen molar-refractivity contribution in [2.24, 2.45) is 22.4 Å². The number of nitrogens with zero attached hydrogens (tertiary/aromatic N) is 1. The van der Waals surface area contributed by atoms with E-state index < -0.39 is 35.9 Å². The Morgan fingerprint density at radius 2 is 1.85 bits per heavy atom. The number of nitrogens with two attached hydrogens (primary N) is 3. The Kier molecular flexibility index (Phi) is 7.16. The zero-order valence-electron chi connectivity index (χ0n) is 13.9. The third-order valence-electron chi connectivity index (χ3n) is 3.84. The summed E-state index contributed by atoms with van der Waals surface area (Å²) in [6, 6.07) is 5.93. The van der Waals surface area contributed by atoms with Crippen LogP contribution in [-0.2, 0) is 19.9 Å². The highest BCUT2D eigenvalue weighted by Gasteiger charge is 2.57. The summed E-state index contributed by atoms with van der Waals surface area (Å²) in [4.78, 5) is 34.9. The van der Waals surface area contributed by atoms with Gasteiger partial charge in [-0.25, -0.2) is 4.79 Å². The van der Waals surface area contributed by atoms with Gasteiger partial charge in [0.15, 0.2) is 5.78 Å². The second-order valence-corrected chi connectivity index (χ2v) is 5.41. The molecule has 0 heterocycles. The van der Waals surface area contributed by atoms with Crippen molar-refractivity contribution in [1.29, 1.82) is 0 Å². The van der Waals surface area contributed by atoms with Gasteiger partial charge in [0, 0.05) is 12.8 Å². The Balaban J connectivity index is 3.59. The number of hydrogen-bond acceptors (Lipinski definition) is 8. The largest absolute Gasteiger partial charge is 0.479 e. The molecule has 0 spiro atoms. The molecule has 0 radical (unpaired) electrons. The molecule has 2 atom stereocenters. The lowest BCUT2D eigenvalue weighted by molar-refractivity contribution is -0.151. The smallest absolute Gasteiger partial charge is 0.334 e. The molecule has 0 fully saturated rings. The van der Waals surface area contributed by atoms with Crippen molar-refractivity contribution in [2.45, 2.75) is 23.9 Å². The first kappa shape index (κ1) is 21.0. The van der Waals surface area contributed by atoms with E-state index >= 15 is 0 Å². The zero-order valence-corrected chi connectivity index (χ0v) is 13.9. The molecule has 8 N–H and O–H groups in total. The minimum absolute atomic E-state index is 0.136. The fourth-order valence-corrected chi connectivity index (χ4v) is 2.39. The third-order valence-corrected chi connectivity index (χ3v) is 3.84. The Morgan fingerprint density at radius 1 is 1.23 bits per heavy atom. The summed E-state index contributed by atoms with van der Waals surface area (Å²) >= 11 is 0. The van der Waals surface area contributed by atoms with Crippen LogP contribution in [-0.4, -0.2) is 46.6 Å². The van der Waals surface area contributed by atoms with Crippen molar-refractivity contribution < 1.29 is 24.6 Å². The maximum Gasteiger partial charge on any atom is 0.334 e. The van der Waals surface area contributed by atoms with E-state index in [0.29, 0.717) is 11.8 Å². The molecule has 0 amide bonds. The van der Waals surface area contributed by atoms with Crippen LogP contribution >= 0.6 is 0 Å². The minimum atomic E-state index is -2.64. The van der Waals surface area contributed by atoms with E-state index in [1.165, 1.54) is 30.5 Å². The molecule has 1 aromatic rings. The fourth-order valence-electron chi connectivity index (χ4n) is 2.39. The van der Waals surface area contributed by atoms with E-state index in [1.807, 2.05) is 0 Å². The first-order valence-electron chi connectivity index (χ1n) is 7.50. The number of hydrazone groups is 1. The molecule has 0 aliphatic carbocycles. The normalized spacial score (nSPS) is 15.3. The monoisotopic (exact) mass is 360 g/mol.